The third kappa shape index (κ3) is 4.93. The summed E-state index contributed by atoms with van der Waals surface area (Å²) in [6, 6.07) is 10.8. The lowest BCUT2D eigenvalue weighted by molar-refractivity contribution is -0.118. The van der Waals surface area contributed by atoms with E-state index in [1.54, 1.807) is 18.2 Å². The minimum Gasteiger partial charge on any atom is -0.484 e. The molecule has 0 bridgehead atoms. The third-order valence-electron chi connectivity index (χ3n) is 4.10. The third-order valence-corrected chi connectivity index (χ3v) is 6.58. The molecule has 6 nitrogen and oxygen atoms in total. The Morgan fingerprint density at radius 2 is 1.74 bits per heavy atom. The first-order chi connectivity index (χ1) is 12.9. The normalized spacial score (nSPS) is 14.9. The minimum absolute atomic E-state index is 0.215. The smallest absolute Gasteiger partial charge is 0.262 e. The number of nitrogens with zero attached hydrogens (tertiary/aromatic N) is 1. The van der Waals surface area contributed by atoms with E-state index >= 15 is 0 Å². The molecule has 1 amide bonds. The fraction of sp³-hybridized carbons (Fsp3) is 0.278. The molecule has 2 aromatic rings. The first-order valence-corrected chi connectivity index (χ1v) is 10.5. The number of halogens is 2. The van der Waals surface area contributed by atoms with Gasteiger partial charge in [0.25, 0.3) is 5.91 Å². The van der Waals surface area contributed by atoms with Crippen LogP contribution in [0.15, 0.2) is 47.4 Å². The van der Waals surface area contributed by atoms with Crippen LogP contribution in [0, 0.1) is 0 Å². The van der Waals surface area contributed by atoms with Gasteiger partial charge in [0.05, 0.1) is 15.6 Å². The van der Waals surface area contributed by atoms with Crippen molar-refractivity contribution >= 4 is 44.8 Å². The molecule has 1 N–H and O–H groups in total. The maximum atomic E-state index is 12.5. The molecule has 2 aromatic carbocycles. The molecule has 1 fully saturated rings. The molecule has 0 aromatic heterocycles. The fourth-order valence-electron chi connectivity index (χ4n) is 2.71. The van der Waals surface area contributed by atoms with Crippen molar-refractivity contribution in [1.82, 2.24) is 4.31 Å². The van der Waals surface area contributed by atoms with Crippen molar-refractivity contribution in [2.24, 2.45) is 0 Å². The Morgan fingerprint density at radius 1 is 1.07 bits per heavy atom. The van der Waals surface area contributed by atoms with Gasteiger partial charge in [-0.25, -0.2) is 8.42 Å². The van der Waals surface area contributed by atoms with Crippen molar-refractivity contribution < 1.29 is 17.9 Å². The van der Waals surface area contributed by atoms with Crippen LogP contribution >= 0.6 is 23.2 Å². The van der Waals surface area contributed by atoms with Crippen LogP contribution in [0.25, 0.3) is 0 Å². The average molecular weight is 429 g/mol. The predicted octanol–water partition coefficient (Wildman–Crippen LogP) is 3.80. The van der Waals surface area contributed by atoms with Crippen molar-refractivity contribution in [3.63, 3.8) is 0 Å². The zero-order chi connectivity index (χ0) is 19.4. The van der Waals surface area contributed by atoms with Crippen LogP contribution in [-0.2, 0) is 14.8 Å². The van der Waals surface area contributed by atoms with Crippen molar-refractivity contribution in [3.05, 3.63) is 52.5 Å². The number of ether oxygens (including phenoxy) is 1. The van der Waals surface area contributed by atoms with Gasteiger partial charge in [-0.15, -0.1) is 0 Å². The summed E-state index contributed by atoms with van der Waals surface area (Å²) in [4.78, 5) is 12.2. The SMILES string of the molecule is O=C(COc1ccc(S(=O)(=O)N2CCCC2)cc1)Nc1cc(Cl)ccc1Cl. The summed E-state index contributed by atoms with van der Waals surface area (Å²) in [6.45, 7) is 0.848. The number of carbonyl (C=O) groups excluding carboxylic acids is 1. The lowest BCUT2D eigenvalue weighted by Crippen LogP contribution is -2.27. The molecule has 0 aliphatic carbocycles. The van der Waals surface area contributed by atoms with E-state index in [9.17, 15) is 13.2 Å². The molecule has 9 heteroatoms. The van der Waals surface area contributed by atoms with Crippen molar-refractivity contribution in [1.29, 1.82) is 0 Å². The predicted molar refractivity (Wildman–Crippen MR) is 105 cm³/mol. The number of anilines is 1. The highest BCUT2D eigenvalue weighted by Crippen LogP contribution is 2.26. The largest absolute Gasteiger partial charge is 0.484 e. The lowest BCUT2D eigenvalue weighted by Gasteiger charge is -2.15. The number of hydrogen-bond donors (Lipinski definition) is 1. The van der Waals surface area contributed by atoms with E-state index in [0.717, 1.165) is 12.8 Å². The quantitative estimate of drug-likeness (QED) is 0.758. The maximum Gasteiger partial charge on any atom is 0.262 e. The molecule has 1 heterocycles. The van der Waals surface area contributed by atoms with Gasteiger partial charge >= 0.3 is 0 Å². The molecule has 1 saturated heterocycles. The van der Waals surface area contributed by atoms with E-state index in [1.807, 2.05) is 0 Å². The zero-order valence-electron chi connectivity index (χ0n) is 14.3. The molecule has 0 radical (unpaired) electrons. The van der Waals surface area contributed by atoms with Gasteiger partial charge < -0.3 is 10.1 Å². The molecule has 1 aliphatic heterocycles. The van der Waals surface area contributed by atoms with Crippen LogP contribution in [-0.4, -0.2) is 38.3 Å². The fourth-order valence-corrected chi connectivity index (χ4v) is 4.57. The first-order valence-electron chi connectivity index (χ1n) is 8.34. The summed E-state index contributed by atoms with van der Waals surface area (Å²) in [5, 5.41) is 3.43. The lowest BCUT2D eigenvalue weighted by atomic mass is 10.3. The highest BCUT2D eigenvalue weighted by molar-refractivity contribution is 7.89. The van der Waals surface area contributed by atoms with Crippen LogP contribution in [0.4, 0.5) is 5.69 Å². The van der Waals surface area contributed by atoms with Gasteiger partial charge in [0.15, 0.2) is 6.61 Å². The van der Waals surface area contributed by atoms with Crippen LogP contribution in [0.5, 0.6) is 5.75 Å². The summed E-state index contributed by atoms with van der Waals surface area (Å²) in [6.07, 6.45) is 1.76. The van der Waals surface area contributed by atoms with E-state index in [1.165, 1.54) is 28.6 Å². The molecule has 0 saturated carbocycles. The van der Waals surface area contributed by atoms with E-state index in [0.29, 0.717) is 34.6 Å². The Labute approximate surface area is 168 Å². The zero-order valence-corrected chi connectivity index (χ0v) is 16.6. The maximum absolute atomic E-state index is 12.5. The molecule has 144 valence electrons. The summed E-state index contributed by atoms with van der Waals surface area (Å²) in [5.41, 5.74) is 0.393. The molecular formula is C18H18Cl2N2O4S. The number of carbonyl (C=O) groups is 1. The number of hydrogen-bond acceptors (Lipinski definition) is 4. The molecule has 3 rings (SSSR count). The van der Waals surface area contributed by atoms with Crippen LogP contribution in [0.3, 0.4) is 0 Å². The van der Waals surface area contributed by atoms with Crippen LogP contribution in [0.2, 0.25) is 10.0 Å². The van der Waals surface area contributed by atoms with Gasteiger partial charge in [-0.2, -0.15) is 4.31 Å². The number of sulfonamides is 1. The summed E-state index contributed by atoms with van der Waals surface area (Å²) >= 11 is 11.9. The molecule has 0 atom stereocenters. The van der Waals surface area contributed by atoms with Gasteiger partial charge in [-0.3, -0.25) is 4.79 Å². The van der Waals surface area contributed by atoms with Crippen molar-refractivity contribution in [2.75, 3.05) is 25.0 Å². The standard InChI is InChI=1S/C18H18Cl2N2O4S/c19-13-3-8-16(20)17(11-13)21-18(23)12-26-14-4-6-15(7-5-14)27(24,25)22-9-1-2-10-22/h3-8,11H,1-2,9-10,12H2,(H,21,23). The Kier molecular flexibility index (Phi) is 6.26. The van der Waals surface area contributed by atoms with Crippen LogP contribution in [0.1, 0.15) is 12.8 Å². The number of nitrogens with one attached hydrogen (secondary N) is 1. The van der Waals surface area contributed by atoms with Gasteiger partial charge in [0.2, 0.25) is 10.0 Å². The second kappa shape index (κ2) is 8.48. The minimum atomic E-state index is -3.46. The van der Waals surface area contributed by atoms with Gasteiger partial charge in [0, 0.05) is 18.1 Å². The Balaban J connectivity index is 1.58. The van der Waals surface area contributed by atoms with E-state index < -0.39 is 15.9 Å². The van der Waals surface area contributed by atoms with E-state index in [2.05, 4.69) is 5.32 Å². The highest BCUT2D eigenvalue weighted by Gasteiger charge is 2.26. The number of benzene rings is 2. The average Bonchev–Trinajstić information content (AvgIpc) is 3.19. The van der Waals surface area contributed by atoms with Gasteiger partial charge in [-0.1, -0.05) is 23.2 Å². The Morgan fingerprint density at radius 3 is 2.41 bits per heavy atom. The van der Waals surface area contributed by atoms with Crippen LogP contribution < -0.4 is 10.1 Å². The molecule has 0 unspecified atom stereocenters. The second-order valence-corrected chi connectivity index (χ2v) is 8.83. The summed E-state index contributed by atoms with van der Waals surface area (Å²) in [5.74, 6) is -0.0179. The summed E-state index contributed by atoms with van der Waals surface area (Å²) < 4.78 is 31.8. The highest BCUT2D eigenvalue weighted by atomic mass is 35.5. The number of amides is 1. The van der Waals surface area contributed by atoms with E-state index in [4.69, 9.17) is 27.9 Å². The first kappa shape index (κ1) is 19.9. The van der Waals surface area contributed by atoms with Crippen molar-refractivity contribution in [2.45, 2.75) is 17.7 Å². The second-order valence-electron chi connectivity index (χ2n) is 6.04. The molecule has 27 heavy (non-hydrogen) atoms. The van der Waals surface area contributed by atoms with Gasteiger partial charge in [-0.05, 0) is 55.3 Å². The number of rotatable bonds is 6. The molecule has 1 aliphatic rings. The molecule has 0 spiro atoms. The Bertz CT molecular complexity index is 927. The van der Waals surface area contributed by atoms with E-state index in [-0.39, 0.29) is 11.5 Å². The topological polar surface area (TPSA) is 75.7 Å². The van der Waals surface area contributed by atoms with Gasteiger partial charge in [0.1, 0.15) is 5.75 Å². The molecular weight excluding hydrogens is 411 g/mol. The van der Waals surface area contributed by atoms with Crippen molar-refractivity contribution in [3.8, 4) is 5.75 Å². The Hall–Kier alpha value is -1.80. The summed E-state index contributed by atoms with van der Waals surface area (Å²) in [7, 11) is -3.46. The monoisotopic (exact) mass is 428 g/mol.